The molecule has 104 valence electrons. The smallest absolute Gasteiger partial charge is 0.139 e. The van der Waals surface area contributed by atoms with E-state index in [0.717, 1.165) is 17.8 Å². The van der Waals surface area contributed by atoms with E-state index in [-0.39, 0.29) is 0 Å². The van der Waals surface area contributed by atoms with Gasteiger partial charge in [-0.1, -0.05) is 35.9 Å². The lowest BCUT2D eigenvalue weighted by atomic mass is 10.0. The Kier molecular flexibility index (Phi) is 6.76. The number of hydrogen-bond acceptors (Lipinski definition) is 3. The van der Waals surface area contributed by atoms with Gasteiger partial charge in [-0.25, -0.2) is 9.98 Å². The molecule has 1 aliphatic rings. The lowest BCUT2D eigenvalue weighted by Crippen LogP contribution is -2.19. The monoisotopic (exact) mass is 267 g/mol. The molecule has 3 heteroatoms. The van der Waals surface area contributed by atoms with Crippen LogP contribution in [0.1, 0.15) is 23.1 Å². The summed E-state index contributed by atoms with van der Waals surface area (Å²) in [5, 5.41) is 3.10. The van der Waals surface area contributed by atoms with Gasteiger partial charge in [0, 0.05) is 18.0 Å². The van der Waals surface area contributed by atoms with Gasteiger partial charge in [-0.05, 0) is 25.8 Å². The number of rotatable bonds is 3. The first kappa shape index (κ1) is 15.6. The van der Waals surface area contributed by atoms with Crippen LogP contribution in [0, 0.1) is 13.8 Å². The molecule has 3 nitrogen and oxygen atoms in total. The van der Waals surface area contributed by atoms with Gasteiger partial charge < -0.3 is 5.32 Å². The van der Waals surface area contributed by atoms with Crippen molar-refractivity contribution in [2.75, 3.05) is 0 Å². The van der Waals surface area contributed by atoms with E-state index >= 15 is 0 Å². The molecule has 0 saturated carbocycles. The maximum atomic E-state index is 4.24. The molecule has 1 heterocycles. The number of aryl methyl sites for hydroxylation is 2. The molecule has 0 fully saturated rings. The number of nitrogens with one attached hydrogen (secondary N) is 1. The highest BCUT2D eigenvalue weighted by atomic mass is 15.0. The molecule has 0 amide bonds. The van der Waals surface area contributed by atoms with E-state index in [1.54, 1.807) is 18.7 Å². The second kappa shape index (κ2) is 8.64. The molecule has 20 heavy (non-hydrogen) atoms. The summed E-state index contributed by atoms with van der Waals surface area (Å²) in [5.41, 5.74) is 3.58. The minimum atomic E-state index is 0.838. The van der Waals surface area contributed by atoms with Crippen LogP contribution in [0.25, 0.3) is 0 Å². The predicted molar refractivity (Wildman–Crippen MR) is 88.2 cm³/mol. The van der Waals surface area contributed by atoms with E-state index < -0.39 is 0 Å². The highest BCUT2D eigenvalue weighted by Gasteiger charge is 2.05. The summed E-state index contributed by atoms with van der Waals surface area (Å²) in [4.78, 5) is 8.17. The second-order valence-corrected chi connectivity index (χ2v) is 4.33. The topological polar surface area (TPSA) is 36.8 Å². The summed E-state index contributed by atoms with van der Waals surface area (Å²) in [7, 11) is 0. The first-order chi connectivity index (χ1) is 9.69. The Balaban J connectivity index is 0.000000347. The standard InChI is InChI=1S/C12H13N3.C5H8/c1-9-3-4-11(10(2)7-9)12-14-6-5-13-8-15-12;1-3-5-4-2/h3-8H,1-2H3,(H,13,14,15);3-4H,1-2,5H2. The maximum absolute atomic E-state index is 4.24. The van der Waals surface area contributed by atoms with Crippen molar-refractivity contribution in [1.82, 2.24) is 5.32 Å². The third-order valence-electron chi connectivity index (χ3n) is 2.60. The predicted octanol–water partition coefficient (Wildman–Crippen LogP) is 3.90. The molecule has 1 aliphatic heterocycles. The van der Waals surface area contributed by atoms with Crippen molar-refractivity contribution in [3.8, 4) is 0 Å². The van der Waals surface area contributed by atoms with Crippen LogP contribution < -0.4 is 5.32 Å². The van der Waals surface area contributed by atoms with E-state index in [1.807, 2.05) is 12.2 Å². The van der Waals surface area contributed by atoms with Crippen LogP contribution in [0.2, 0.25) is 0 Å². The van der Waals surface area contributed by atoms with Crippen LogP contribution in [-0.2, 0) is 0 Å². The lowest BCUT2D eigenvalue weighted by molar-refractivity contribution is 1.24. The quantitative estimate of drug-likeness (QED) is 0.828. The van der Waals surface area contributed by atoms with Crippen LogP contribution in [-0.4, -0.2) is 12.2 Å². The molecule has 0 aromatic heterocycles. The van der Waals surface area contributed by atoms with Crippen molar-refractivity contribution in [1.29, 1.82) is 0 Å². The summed E-state index contributed by atoms with van der Waals surface area (Å²) in [6.07, 6.45) is 9.55. The number of aliphatic imine (C=N–C) groups is 2. The molecule has 0 atom stereocenters. The minimum absolute atomic E-state index is 0.838. The SMILES string of the molecule is C=CCC=C.Cc1ccc(C2=NC=NC=CN2)c(C)c1. The van der Waals surface area contributed by atoms with E-state index in [1.165, 1.54) is 11.1 Å². The normalized spacial score (nSPS) is 12.4. The summed E-state index contributed by atoms with van der Waals surface area (Å²) in [6.45, 7) is 11.1. The largest absolute Gasteiger partial charge is 0.345 e. The van der Waals surface area contributed by atoms with Gasteiger partial charge in [0.15, 0.2) is 0 Å². The van der Waals surface area contributed by atoms with Gasteiger partial charge in [-0.3, -0.25) is 0 Å². The van der Waals surface area contributed by atoms with E-state index in [2.05, 4.69) is 60.5 Å². The van der Waals surface area contributed by atoms with Gasteiger partial charge >= 0.3 is 0 Å². The Hall–Kier alpha value is -2.42. The summed E-state index contributed by atoms with van der Waals surface area (Å²) >= 11 is 0. The fourth-order valence-electron chi connectivity index (χ4n) is 1.67. The van der Waals surface area contributed by atoms with Gasteiger partial charge in [0.25, 0.3) is 0 Å². The van der Waals surface area contributed by atoms with Crippen molar-refractivity contribution < 1.29 is 0 Å². The summed E-state index contributed by atoms with van der Waals surface area (Å²) < 4.78 is 0. The Labute approximate surface area is 121 Å². The van der Waals surface area contributed by atoms with Crippen LogP contribution in [0.3, 0.4) is 0 Å². The fraction of sp³-hybridized carbons (Fsp3) is 0.176. The molecular weight excluding hydrogens is 246 g/mol. The average molecular weight is 267 g/mol. The number of nitrogens with zero attached hydrogens (tertiary/aromatic N) is 2. The van der Waals surface area contributed by atoms with Crippen LogP contribution in [0.5, 0.6) is 0 Å². The first-order valence-electron chi connectivity index (χ1n) is 6.49. The van der Waals surface area contributed by atoms with Crippen molar-refractivity contribution >= 4 is 12.2 Å². The van der Waals surface area contributed by atoms with Crippen molar-refractivity contribution in [3.63, 3.8) is 0 Å². The Morgan fingerprint density at radius 2 is 1.95 bits per heavy atom. The third-order valence-corrected chi connectivity index (χ3v) is 2.60. The first-order valence-corrected chi connectivity index (χ1v) is 6.49. The van der Waals surface area contributed by atoms with Gasteiger partial charge in [-0.2, -0.15) is 0 Å². The number of hydrogen-bond donors (Lipinski definition) is 1. The molecule has 1 aromatic carbocycles. The molecule has 2 rings (SSSR count). The minimum Gasteiger partial charge on any atom is -0.345 e. The molecular formula is C17H21N3. The fourth-order valence-corrected chi connectivity index (χ4v) is 1.67. The zero-order valence-corrected chi connectivity index (χ0v) is 12.1. The highest BCUT2D eigenvalue weighted by Crippen LogP contribution is 2.11. The molecule has 0 bridgehead atoms. The number of benzene rings is 1. The molecule has 0 unspecified atom stereocenters. The van der Waals surface area contributed by atoms with E-state index in [9.17, 15) is 0 Å². The van der Waals surface area contributed by atoms with Crippen molar-refractivity contribution in [2.24, 2.45) is 9.98 Å². The molecule has 0 radical (unpaired) electrons. The zero-order chi connectivity index (χ0) is 14.8. The van der Waals surface area contributed by atoms with Crippen LogP contribution in [0.4, 0.5) is 0 Å². The van der Waals surface area contributed by atoms with Crippen molar-refractivity contribution in [3.05, 3.63) is 72.6 Å². The van der Waals surface area contributed by atoms with Gasteiger partial charge in [0.1, 0.15) is 12.2 Å². The Morgan fingerprint density at radius 3 is 2.55 bits per heavy atom. The molecule has 1 aromatic rings. The maximum Gasteiger partial charge on any atom is 0.139 e. The van der Waals surface area contributed by atoms with E-state index in [4.69, 9.17) is 0 Å². The van der Waals surface area contributed by atoms with Crippen LogP contribution >= 0.6 is 0 Å². The third kappa shape index (κ3) is 5.06. The molecule has 1 N–H and O–H groups in total. The zero-order valence-electron chi connectivity index (χ0n) is 12.1. The summed E-state index contributed by atoms with van der Waals surface area (Å²) in [5.74, 6) is 0.838. The Morgan fingerprint density at radius 1 is 1.20 bits per heavy atom. The Bertz CT molecular complexity index is 545. The van der Waals surface area contributed by atoms with E-state index in [0.29, 0.717) is 0 Å². The van der Waals surface area contributed by atoms with Gasteiger partial charge in [0.05, 0.1) is 0 Å². The average Bonchev–Trinajstić information content (AvgIpc) is 2.69. The van der Waals surface area contributed by atoms with Gasteiger partial charge in [0.2, 0.25) is 0 Å². The molecule has 0 saturated heterocycles. The second-order valence-electron chi connectivity index (χ2n) is 4.33. The number of amidine groups is 1. The number of allylic oxidation sites excluding steroid dienone is 2. The van der Waals surface area contributed by atoms with Crippen molar-refractivity contribution in [2.45, 2.75) is 20.3 Å². The summed E-state index contributed by atoms with van der Waals surface area (Å²) in [6, 6.07) is 6.30. The lowest BCUT2D eigenvalue weighted by Gasteiger charge is -2.08. The van der Waals surface area contributed by atoms with Crippen LogP contribution in [0.15, 0.2) is 65.9 Å². The highest BCUT2D eigenvalue weighted by molar-refractivity contribution is 6.04. The molecule has 0 spiro atoms. The molecule has 0 aliphatic carbocycles. The van der Waals surface area contributed by atoms with Gasteiger partial charge in [-0.15, -0.1) is 13.2 Å².